The van der Waals surface area contributed by atoms with Crippen LogP contribution < -0.4 is 11.1 Å². The van der Waals surface area contributed by atoms with E-state index in [1.165, 1.54) is 12.2 Å². The second-order valence-corrected chi connectivity index (χ2v) is 15.8. The van der Waals surface area contributed by atoms with Crippen molar-refractivity contribution in [3.05, 3.63) is 12.2 Å². The normalized spacial score (nSPS) is 18.1. The first-order chi connectivity index (χ1) is 18.8. The highest BCUT2D eigenvalue weighted by Gasteiger charge is 2.46. The first kappa shape index (κ1) is 37.8. The molecular weight excluding hydrogens is 534 g/mol. The van der Waals surface area contributed by atoms with Gasteiger partial charge in [-0.3, -0.25) is 19.3 Å². The molecule has 1 aliphatic rings. The van der Waals surface area contributed by atoms with Crippen molar-refractivity contribution in [2.75, 3.05) is 19.7 Å². The maximum atomic E-state index is 12.8. The number of aliphatic hydroxyl groups excluding tert-OH is 2. The van der Waals surface area contributed by atoms with Crippen molar-refractivity contribution in [3.8, 4) is 12.3 Å². The Morgan fingerprint density at radius 2 is 1.38 bits per heavy atom. The summed E-state index contributed by atoms with van der Waals surface area (Å²) in [5.74, 6) is 1.47. The zero-order chi connectivity index (χ0) is 32.9. The van der Waals surface area contributed by atoms with Gasteiger partial charge in [-0.2, -0.15) is 0 Å². The Morgan fingerprint density at radius 1 is 0.905 bits per heavy atom. The van der Waals surface area contributed by atoms with Gasteiger partial charge in [0.1, 0.15) is 0 Å². The molecule has 0 bridgehead atoms. The van der Waals surface area contributed by atoms with E-state index in [2.05, 4.69) is 11.2 Å². The van der Waals surface area contributed by atoms with Crippen LogP contribution in [0.4, 0.5) is 0 Å². The number of nitrogens with zero attached hydrogens (tertiary/aromatic N) is 1. The lowest BCUT2D eigenvalue weighted by atomic mass is 9.66. The van der Waals surface area contributed by atoms with Gasteiger partial charge in [-0.05, 0) is 44.4 Å². The largest absolute Gasteiger partial charge is 0.392 e. The van der Waals surface area contributed by atoms with E-state index < -0.39 is 56.8 Å². The van der Waals surface area contributed by atoms with Crippen molar-refractivity contribution in [2.45, 2.75) is 125 Å². The minimum absolute atomic E-state index is 0.0153. The Balaban J connectivity index is 2.87. The molecule has 0 aromatic carbocycles. The van der Waals surface area contributed by atoms with Crippen LogP contribution in [-0.4, -0.2) is 75.9 Å². The van der Waals surface area contributed by atoms with Gasteiger partial charge in [0, 0.05) is 48.9 Å². The van der Waals surface area contributed by atoms with Crippen molar-refractivity contribution in [3.63, 3.8) is 0 Å². The van der Waals surface area contributed by atoms with Gasteiger partial charge in [0.25, 0.3) is 11.8 Å². The first-order valence-electron chi connectivity index (χ1n) is 14.8. The quantitative estimate of drug-likeness (QED) is 0.150. The third-order valence-electron chi connectivity index (χ3n) is 8.44. The van der Waals surface area contributed by atoms with Crippen LogP contribution in [0.25, 0.3) is 0 Å². The second-order valence-electron chi connectivity index (χ2n) is 15.8. The predicted molar refractivity (Wildman–Crippen MR) is 166 cm³/mol. The van der Waals surface area contributed by atoms with Crippen LogP contribution in [0.3, 0.4) is 0 Å². The minimum atomic E-state index is -0.833. The number of nitrogens with one attached hydrogen (secondary N) is 1. The Labute approximate surface area is 254 Å². The number of hydrogen-bond donors (Lipinski definition) is 4. The van der Waals surface area contributed by atoms with E-state index in [1.807, 2.05) is 76.2 Å². The van der Waals surface area contributed by atoms with Gasteiger partial charge in [-0.25, -0.2) is 0 Å². The number of carbonyl (C=O) groups is 3. The summed E-state index contributed by atoms with van der Waals surface area (Å²) in [6, 6.07) is 0. The van der Waals surface area contributed by atoms with E-state index >= 15 is 0 Å². The predicted octanol–water partition coefficient (Wildman–Crippen LogP) is 3.56. The van der Waals surface area contributed by atoms with Gasteiger partial charge in [-0.1, -0.05) is 55.4 Å². The average Bonchev–Trinajstić information content (AvgIpc) is 3.16. The molecule has 0 fully saturated rings. The number of imide groups is 1. The summed E-state index contributed by atoms with van der Waals surface area (Å²) >= 11 is 0. The molecule has 9 nitrogen and oxygen atoms in total. The van der Waals surface area contributed by atoms with Gasteiger partial charge >= 0.3 is 0 Å². The smallest absolute Gasteiger partial charge is 0.253 e. The fourth-order valence-corrected chi connectivity index (χ4v) is 6.71. The molecule has 3 atom stereocenters. The number of amides is 3. The van der Waals surface area contributed by atoms with Crippen LogP contribution in [0, 0.1) is 34.0 Å². The second kappa shape index (κ2) is 13.6. The monoisotopic (exact) mass is 591 g/mol. The highest BCUT2D eigenvalue weighted by atomic mass is 16.5. The molecule has 5 N–H and O–H groups in total. The number of aliphatic hydroxyl groups is 2. The molecule has 240 valence electrons. The number of nitrogens with two attached hydrogens (primary N) is 1. The molecule has 0 aromatic heterocycles. The van der Waals surface area contributed by atoms with Crippen molar-refractivity contribution in [1.29, 1.82) is 0 Å². The molecule has 3 amide bonds. The van der Waals surface area contributed by atoms with Crippen LogP contribution in [0.5, 0.6) is 0 Å². The van der Waals surface area contributed by atoms with Crippen molar-refractivity contribution in [2.24, 2.45) is 27.4 Å². The maximum absolute atomic E-state index is 12.8. The topological polar surface area (TPSA) is 142 Å². The molecule has 0 saturated carbocycles. The Kier molecular flexibility index (Phi) is 12.2. The summed E-state index contributed by atoms with van der Waals surface area (Å²) in [7, 11) is 0. The molecule has 9 heteroatoms. The fourth-order valence-electron chi connectivity index (χ4n) is 6.71. The summed E-state index contributed by atoms with van der Waals surface area (Å²) in [5, 5.41) is 25.7. The van der Waals surface area contributed by atoms with Crippen LogP contribution in [0.15, 0.2) is 12.2 Å². The van der Waals surface area contributed by atoms with Gasteiger partial charge in [0.15, 0.2) is 0 Å². The van der Waals surface area contributed by atoms with E-state index in [0.717, 1.165) is 4.90 Å². The number of ether oxygens (including phenoxy) is 1. The molecule has 0 aromatic rings. The Bertz CT molecular complexity index is 1030. The molecule has 2 unspecified atom stereocenters. The van der Waals surface area contributed by atoms with Gasteiger partial charge in [0.2, 0.25) is 5.91 Å². The number of carbonyl (C=O) groups excluding carboxylic acids is 3. The summed E-state index contributed by atoms with van der Waals surface area (Å²) in [5.41, 5.74) is 2.43. The number of rotatable bonds is 17. The molecule has 0 spiro atoms. The molecule has 1 rings (SSSR count). The van der Waals surface area contributed by atoms with E-state index in [-0.39, 0.29) is 32.0 Å². The number of terminal acetylenes is 1. The van der Waals surface area contributed by atoms with E-state index in [4.69, 9.17) is 16.9 Å². The van der Waals surface area contributed by atoms with Crippen LogP contribution in [-0.2, 0) is 19.1 Å². The van der Waals surface area contributed by atoms with Gasteiger partial charge < -0.3 is 26.0 Å². The van der Waals surface area contributed by atoms with Gasteiger partial charge in [-0.15, -0.1) is 12.3 Å². The molecule has 0 radical (unpaired) electrons. The standard InChI is InChI=1S/C33H57N3O6/c1-13-17-28(2,3)26(40)29(4,5)19-32(10,11)42-22-31(8,9)27(41)30(6,7)20-33(12,21-34)35-23(37)16-18-36-24(38)14-15-25(36)39/h1,14-15,26-27,40-41H,16-22,34H2,2-12H3,(H,35,37)/t26?,27-,33?/m0/s1. The van der Waals surface area contributed by atoms with Gasteiger partial charge in [0.05, 0.1) is 30.0 Å². The highest BCUT2D eigenvalue weighted by molar-refractivity contribution is 6.13. The lowest BCUT2D eigenvalue weighted by molar-refractivity contribution is -0.145. The summed E-state index contributed by atoms with van der Waals surface area (Å²) in [6.45, 7) is 21.9. The molecule has 1 heterocycles. The molecule has 0 aliphatic carbocycles. The molecular formula is C33H57N3O6. The van der Waals surface area contributed by atoms with Crippen LogP contribution >= 0.6 is 0 Å². The molecule has 0 saturated heterocycles. The number of hydrogen-bond acceptors (Lipinski definition) is 7. The first-order valence-corrected chi connectivity index (χ1v) is 14.8. The van der Waals surface area contributed by atoms with Crippen molar-refractivity contribution >= 4 is 17.7 Å². The Hall–Kier alpha value is -2.25. The fraction of sp³-hybridized carbons (Fsp3) is 0.788. The zero-order valence-electron chi connectivity index (χ0n) is 27.9. The summed E-state index contributed by atoms with van der Waals surface area (Å²) < 4.78 is 6.42. The molecule has 42 heavy (non-hydrogen) atoms. The van der Waals surface area contributed by atoms with E-state index in [0.29, 0.717) is 19.3 Å². The van der Waals surface area contributed by atoms with Crippen molar-refractivity contribution in [1.82, 2.24) is 10.2 Å². The highest BCUT2D eigenvalue weighted by Crippen LogP contribution is 2.44. The van der Waals surface area contributed by atoms with Crippen molar-refractivity contribution < 1.29 is 29.3 Å². The lowest BCUT2D eigenvalue weighted by Crippen LogP contribution is -2.57. The van der Waals surface area contributed by atoms with E-state index in [1.54, 1.807) is 0 Å². The average molecular weight is 592 g/mol. The minimum Gasteiger partial charge on any atom is -0.392 e. The van der Waals surface area contributed by atoms with E-state index in [9.17, 15) is 24.6 Å². The summed E-state index contributed by atoms with van der Waals surface area (Å²) in [4.78, 5) is 37.4. The third kappa shape index (κ3) is 10.2. The zero-order valence-corrected chi connectivity index (χ0v) is 27.9. The maximum Gasteiger partial charge on any atom is 0.253 e. The lowest BCUT2D eigenvalue weighted by Gasteiger charge is -2.47. The Morgan fingerprint density at radius 3 is 1.86 bits per heavy atom. The third-order valence-corrected chi connectivity index (χ3v) is 8.44. The molecule has 1 aliphatic heterocycles. The van der Waals surface area contributed by atoms with Crippen LogP contribution in [0.1, 0.15) is 102 Å². The van der Waals surface area contributed by atoms with Crippen LogP contribution in [0.2, 0.25) is 0 Å². The SMILES string of the molecule is C#CCC(C)(C)C(O)C(C)(C)CC(C)(C)OCC(C)(C)[C@@H](O)C(C)(C)CC(C)(CN)NC(=O)CCN1C(=O)C=CC1=O. The summed E-state index contributed by atoms with van der Waals surface area (Å²) in [6.07, 6.45) is 7.83.